The first kappa shape index (κ1) is 10.2. The maximum absolute atomic E-state index is 10.3. The Morgan fingerprint density at radius 2 is 2.31 bits per heavy atom. The molecule has 0 aliphatic carbocycles. The van der Waals surface area contributed by atoms with E-state index in [1.165, 1.54) is 12.1 Å². The molecule has 0 atom stereocenters. The Labute approximate surface area is 97.1 Å². The van der Waals surface area contributed by atoms with E-state index in [1.54, 1.807) is 12.3 Å². The van der Waals surface area contributed by atoms with Gasteiger partial charge >= 0.3 is 29.6 Å². The fourth-order valence-corrected chi connectivity index (χ4v) is 1.04. The van der Waals surface area contributed by atoms with Gasteiger partial charge in [0.05, 0.1) is 16.6 Å². The third-order valence-electron chi connectivity index (χ3n) is 1.64. The molecule has 0 spiro atoms. The molecule has 0 radical (unpaired) electrons. The van der Waals surface area contributed by atoms with E-state index in [9.17, 15) is 10.1 Å². The number of nitro groups is 1. The van der Waals surface area contributed by atoms with E-state index < -0.39 is 4.92 Å². The number of benzene rings is 1. The predicted octanol–water partition coefficient (Wildman–Crippen LogP) is -1.41. The van der Waals surface area contributed by atoms with Crippen molar-refractivity contribution in [3.8, 4) is 0 Å². The predicted molar refractivity (Wildman–Crippen MR) is 43.9 cm³/mol. The Morgan fingerprint density at radius 1 is 1.54 bits per heavy atom. The van der Waals surface area contributed by atoms with Crippen LogP contribution in [0.4, 0.5) is 5.69 Å². The van der Waals surface area contributed by atoms with Crippen molar-refractivity contribution >= 4 is 16.6 Å². The summed E-state index contributed by atoms with van der Waals surface area (Å²) in [5.41, 5.74) is 0.760. The summed E-state index contributed by atoms with van der Waals surface area (Å²) < 4.78 is 0. The van der Waals surface area contributed by atoms with Gasteiger partial charge in [0.15, 0.2) is 0 Å². The molecule has 0 aliphatic heterocycles. The summed E-state index contributed by atoms with van der Waals surface area (Å²) in [4.78, 5) is 9.91. The van der Waals surface area contributed by atoms with E-state index in [2.05, 4.69) is 10.2 Å². The van der Waals surface area contributed by atoms with Crippen molar-refractivity contribution in [2.45, 2.75) is 0 Å². The normalized spacial score (nSPS) is 9.54. The van der Waals surface area contributed by atoms with Gasteiger partial charge in [-0.05, 0) is 6.07 Å². The third kappa shape index (κ3) is 1.88. The number of hydrogen-bond donors (Lipinski definition) is 1. The fourth-order valence-electron chi connectivity index (χ4n) is 1.04. The fraction of sp³-hybridized carbons (Fsp3) is 0. The molecule has 2 aromatic rings. The number of nitrogens with one attached hydrogen (secondary N) is 1. The number of nitro benzene ring substituents is 1. The first-order chi connectivity index (χ1) is 5.77. The van der Waals surface area contributed by atoms with E-state index in [-0.39, 0.29) is 36.7 Å². The van der Waals surface area contributed by atoms with Gasteiger partial charge in [0.25, 0.3) is 5.69 Å². The number of rotatable bonds is 1. The van der Waals surface area contributed by atoms with Gasteiger partial charge in [0.1, 0.15) is 0 Å². The summed E-state index contributed by atoms with van der Waals surface area (Å²) in [5, 5.41) is 17.6. The van der Waals surface area contributed by atoms with Crippen molar-refractivity contribution in [3.63, 3.8) is 0 Å². The molecule has 0 fully saturated rings. The molecular formula is C7H6N3NaO2. The van der Waals surface area contributed by atoms with Gasteiger partial charge in [0.2, 0.25) is 0 Å². The summed E-state index contributed by atoms with van der Waals surface area (Å²) in [6.45, 7) is 0. The zero-order chi connectivity index (χ0) is 8.55. The van der Waals surface area contributed by atoms with E-state index in [0.717, 1.165) is 5.39 Å². The Bertz CT molecular complexity index is 445. The summed E-state index contributed by atoms with van der Waals surface area (Å²) in [7, 11) is 0. The van der Waals surface area contributed by atoms with E-state index >= 15 is 0 Å². The Kier molecular flexibility index (Phi) is 3.02. The first-order valence-corrected chi connectivity index (χ1v) is 3.35. The minimum atomic E-state index is -0.430. The van der Waals surface area contributed by atoms with Crippen LogP contribution in [0.25, 0.3) is 10.9 Å². The van der Waals surface area contributed by atoms with Gasteiger partial charge in [0, 0.05) is 17.5 Å². The smallest absolute Gasteiger partial charge is 1.00 e. The van der Waals surface area contributed by atoms with Crippen molar-refractivity contribution in [3.05, 3.63) is 34.5 Å². The van der Waals surface area contributed by atoms with Crippen LogP contribution in [0.2, 0.25) is 0 Å². The van der Waals surface area contributed by atoms with Crippen LogP contribution in [0.1, 0.15) is 1.43 Å². The molecule has 1 N–H and O–H groups in total. The van der Waals surface area contributed by atoms with Gasteiger partial charge < -0.3 is 1.43 Å². The van der Waals surface area contributed by atoms with Crippen LogP contribution in [0.15, 0.2) is 24.4 Å². The van der Waals surface area contributed by atoms with Crippen LogP contribution in [-0.4, -0.2) is 15.1 Å². The zero-order valence-corrected chi connectivity index (χ0v) is 9.02. The molecule has 5 nitrogen and oxygen atoms in total. The van der Waals surface area contributed by atoms with E-state index in [1.807, 2.05) is 0 Å². The molecular weight excluding hydrogens is 181 g/mol. The molecule has 62 valence electrons. The second-order valence-electron chi connectivity index (χ2n) is 2.40. The number of nitrogens with zero attached hydrogens (tertiary/aromatic N) is 2. The van der Waals surface area contributed by atoms with Crippen LogP contribution < -0.4 is 29.6 Å². The number of fused-ring (bicyclic) bond motifs is 1. The van der Waals surface area contributed by atoms with Gasteiger partial charge in [-0.1, -0.05) is 0 Å². The standard InChI is InChI=1S/C7H5N3O2.Na.H/c11-10(12)6-2-1-5-4-8-9-7(5)3-6;;/h1-4H,(H,8,9);;/q;+1;-1. The molecule has 6 heteroatoms. The number of H-pyrrole nitrogens is 1. The van der Waals surface area contributed by atoms with Crippen molar-refractivity contribution in [2.24, 2.45) is 0 Å². The number of non-ortho nitro benzene ring substituents is 1. The molecule has 2 rings (SSSR count). The minimum absolute atomic E-state index is 0. The van der Waals surface area contributed by atoms with Crippen LogP contribution in [0, 0.1) is 10.1 Å². The van der Waals surface area contributed by atoms with Gasteiger partial charge in [-0.15, -0.1) is 0 Å². The number of aromatic nitrogens is 2. The Balaban J connectivity index is 0.000000845. The number of aromatic amines is 1. The first-order valence-electron chi connectivity index (χ1n) is 3.35. The molecule has 0 bridgehead atoms. The Hall–Kier alpha value is -0.910. The molecule has 0 amide bonds. The quantitative estimate of drug-likeness (QED) is 0.338. The zero-order valence-electron chi connectivity index (χ0n) is 8.02. The summed E-state index contributed by atoms with van der Waals surface area (Å²) in [6, 6.07) is 4.58. The average molecular weight is 187 g/mol. The van der Waals surface area contributed by atoms with Crippen molar-refractivity contribution < 1.29 is 35.9 Å². The van der Waals surface area contributed by atoms with Crippen LogP contribution >= 0.6 is 0 Å². The largest absolute Gasteiger partial charge is 1.00 e. The van der Waals surface area contributed by atoms with Crippen molar-refractivity contribution in [1.29, 1.82) is 0 Å². The van der Waals surface area contributed by atoms with E-state index in [0.29, 0.717) is 5.52 Å². The second-order valence-corrected chi connectivity index (χ2v) is 2.40. The molecule has 0 saturated heterocycles. The van der Waals surface area contributed by atoms with Crippen molar-refractivity contribution in [1.82, 2.24) is 10.2 Å². The molecule has 1 aromatic heterocycles. The summed E-state index contributed by atoms with van der Waals surface area (Å²) in [5.74, 6) is 0. The van der Waals surface area contributed by atoms with Gasteiger partial charge in [-0.2, -0.15) is 5.10 Å². The monoisotopic (exact) mass is 187 g/mol. The van der Waals surface area contributed by atoms with Crippen molar-refractivity contribution in [2.75, 3.05) is 0 Å². The second kappa shape index (κ2) is 3.87. The molecule has 1 heterocycles. The molecule has 1 aromatic carbocycles. The SMILES string of the molecule is O=[N+]([O-])c1ccc2cn[nH]c2c1.[H-].[Na+]. The number of hydrogen-bond acceptors (Lipinski definition) is 3. The summed E-state index contributed by atoms with van der Waals surface area (Å²) in [6.07, 6.45) is 1.62. The topological polar surface area (TPSA) is 71.8 Å². The molecule has 0 aliphatic rings. The van der Waals surface area contributed by atoms with Gasteiger partial charge in [-0.3, -0.25) is 15.2 Å². The minimum Gasteiger partial charge on any atom is -1.00 e. The van der Waals surface area contributed by atoms with Crippen LogP contribution in [0.5, 0.6) is 0 Å². The summed E-state index contributed by atoms with van der Waals surface area (Å²) >= 11 is 0. The Morgan fingerprint density at radius 3 is 3.00 bits per heavy atom. The maximum Gasteiger partial charge on any atom is 1.00 e. The molecule has 13 heavy (non-hydrogen) atoms. The van der Waals surface area contributed by atoms with Crippen LogP contribution in [0.3, 0.4) is 0 Å². The molecule has 0 saturated carbocycles. The maximum atomic E-state index is 10.3. The third-order valence-corrected chi connectivity index (χ3v) is 1.64. The van der Waals surface area contributed by atoms with Crippen LogP contribution in [-0.2, 0) is 0 Å². The molecule has 0 unspecified atom stereocenters. The van der Waals surface area contributed by atoms with E-state index in [4.69, 9.17) is 0 Å². The van der Waals surface area contributed by atoms with Gasteiger partial charge in [-0.25, -0.2) is 0 Å². The average Bonchev–Trinajstić information content (AvgIpc) is 2.49.